The lowest BCUT2D eigenvalue weighted by Crippen LogP contribution is -2.45. The van der Waals surface area contributed by atoms with E-state index in [4.69, 9.17) is 0 Å². The predicted molar refractivity (Wildman–Crippen MR) is 64.7 cm³/mol. The van der Waals surface area contributed by atoms with Crippen LogP contribution in [0.1, 0.15) is 41.7 Å². The fourth-order valence-electron chi connectivity index (χ4n) is 2.24. The molecule has 1 saturated carbocycles. The highest BCUT2D eigenvalue weighted by molar-refractivity contribution is 5.93. The van der Waals surface area contributed by atoms with Crippen LogP contribution < -0.4 is 5.32 Å². The van der Waals surface area contributed by atoms with E-state index in [-0.39, 0.29) is 11.9 Å². The van der Waals surface area contributed by atoms with E-state index in [0.29, 0.717) is 5.69 Å². The van der Waals surface area contributed by atoms with Crippen molar-refractivity contribution in [3.05, 3.63) is 29.6 Å². The zero-order valence-corrected chi connectivity index (χ0v) is 10.0. The standard InChI is InChI=1S/C13H18N2O2/c1-9-5-4-8-14-12(9)13(17)15-10-6-2-3-7-11(10)16/h4-5,8,10-11,16H,2-3,6-7H2,1H3,(H,15,17). The summed E-state index contributed by atoms with van der Waals surface area (Å²) in [4.78, 5) is 16.1. The van der Waals surface area contributed by atoms with Crippen molar-refractivity contribution in [1.82, 2.24) is 10.3 Å². The Morgan fingerprint density at radius 2 is 2.24 bits per heavy atom. The average Bonchev–Trinajstić information content (AvgIpc) is 2.32. The van der Waals surface area contributed by atoms with Gasteiger partial charge in [0.15, 0.2) is 0 Å². The van der Waals surface area contributed by atoms with Crippen LogP contribution in [-0.4, -0.2) is 28.1 Å². The van der Waals surface area contributed by atoms with Crippen molar-refractivity contribution in [1.29, 1.82) is 0 Å². The summed E-state index contributed by atoms with van der Waals surface area (Å²) in [6, 6.07) is 3.54. The van der Waals surface area contributed by atoms with E-state index in [1.807, 2.05) is 19.1 Å². The first kappa shape index (κ1) is 12.0. The number of nitrogens with zero attached hydrogens (tertiary/aromatic N) is 1. The van der Waals surface area contributed by atoms with E-state index in [1.165, 1.54) is 0 Å². The molecule has 0 bridgehead atoms. The molecule has 1 aliphatic carbocycles. The Balaban J connectivity index is 2.04. The fourth-order valence-corrected chi connectivity index (χ4v) is 2.24. The number of hydrogen-bond acceptors (Lipinski definition) is 3. The summed E-state index contributed by atoms with van der Waals surface area (Å²) >= 11 is 0. The molecule has 0 radical (unpaired) electrons. The summed E-state index contributed by atoms with van der Waals surface area (Å²) in [5, 5.41) is 12.7. The molecule has 92 valence electrons. The summed E-state index contributed by atoms with van der Waals surface area (Å²) in [7, 11) is 0. The quantitative estimate of drug-likeness (QED) is 0.813. The molecular formula is C13H18N2O2. The number of hydrogen-bond donors (Lipinski definition) is 2. The molecule has 1 heterocycles. The normalized spacial score (nSPS) is 24.4. The minimum absolute atomic E-state index is 0.127. The number of aliphatic hydroxyl groups is 1. The largest absolute Gasteiger partial charge is 0.391 e. The molecule has 0 spiro atoms. The zero-order valence-electron chi connectivity index (χ0n) is 10.0. The van der Waals surface area contributed by atoms with Gasteiger partial charge in [0.25, 0.3) is 5.91 Å². The van der Waals surface area contributed by atoms with Gasteiger partial charge in [-0.3, -0.25) is 9.78 Å². The monoisotopic (exact) mass is 234 g/mol. The molecule has 17 heavy (non-hydrogen) atoms. The van der Waals surface area contributed by atoms with Gasteiger partial charge in [0.2, 0.25) is 0 Å². The number of aliphatic hydroxyl groups excluding tert-OH is 1. The van der Waals surface area contributed by atoms with Crippen molar-refractivity contribution in [3.63, 3.8) is 0 Å². The highest BCUT2D eigenvalue weighted by Gasteiger charge is 2.25. The van der Waals surface area contributed by atoms with E-state index >= 15 is 0 Å². The van der Waals surface area contributed by atoms with E-state index < -0.39 is 6.10 Å². The number of carbonyl (C=O) groups is 1. The number of nitrogens with one attached hydrogen (secondary N) is 1. The third-order valence-electron chi connectivity index (χ3n) is 3.27. The molecule has 2 rings (SSSR count). The van der Waals surface area contributed by atoms with Crippen LogP contribution in [-0.2, 0) is 0 Å². The molecule has 0 aliphatic heterocycles. The van der Waals surface area contributed by atoms with Gasteiger partial charge in [-0.05, 0) is 31.4 Å². The number of amides is 1. The lowest BCUT2D eigenvalue weighted by molar-refractivity contribution is 0.0713. The van der Waals surface area contributed by atoms with Crippen molar-refractivity contribution in [3.8, 4) is 0 Å². The average molecular weight is 234 g/mol. The summed E-state index contributed by atoms with van der Waals surface area (Å²) in [6.07, 6.45) is 4.90. The SMILES string of the molecule is Cc1cccnc1C(=O)NC1CCCCC1O. The molecule has 0 aromatic carbocycles. The summed E-state index contributed by atoms with van der Waals surface area (Å²) in [5.41, 5.74) is 1.31. The third-order valence-corrected chi connectivity index (χ3v) is 3.27. The molecule has 0 saturated heterocycles. The topological polar surface area (TPSA) is 62.2 Å². The first-order chi connectivity index (χ1) is 8.18. The van der Waals surface area contributed by atoms with Gasteiger partial charge in [-0.25, -0.2) is 0 Å². The first-order valence-electron chi connectivity index (χ1n) is 6.09. The first-order valence-corrected chi connectivity index (χ1v) is 6.09. The second kappa shape index (κ2) is 5.27. The van der Waals surface area contributed by atoms with Gasteiger partial charge in [-0.2, -0.15) is 0 Å². The van der Waals surface area contributed by atoms with Gasteiger partial charge in [0, 0.05) is 6.20 Å². The fraction of sp³-hybridized carbons (Fsp3) is 0.538. The van der Waals surface area contributed by atoms with Crippen LogP contribution in [0.4, 0.5) is 0 Å². The van der Waals surface area contributed by atoms with Crippen LogP contribution in [0.5, 0.6) is 0 Å². The van der Waals surface area contributed by atoms with Crippen LogP contribution in [0.25, 0.3) is 0 Å². The molecule has 1 amide bonds. The van der Waals surface area contributed by atoms with E-state index in [1.54, 1.807) is 6.20 Å². The number of rotatable bonds is 2. The number of pyridine rings is 1. The molecular weight excluding hydrogens is 216 g/mol. The molecule has 1 aromatic rings. The highest BCUT2D eigenvalue weighted by atomic mass is 16.3. The number of aryl methyl sites for hydroxylation is 1. The molecule has 4 nitrogen and oxygen atoms in total. The minimum Gasteiger partial charge on any atom is -0.391 e. The Morgan fingerprint density at radius 1 is 1.47 bits per heavy atom. The van der Waals surface area contributed by atoms with Crippen LogP contribution >= 0.6 is 0 Å². The van der Waals surface area contributed by atoms with Crippen molar-refractivity contribution >= 4 is 5.91 Å². The van der Waals surface area contributed by atoms with Crippen molar-refractivity contribution in [2.45, 2.75) is 44.8 Å². The van der Waals surface area contributed by atoms with Gasteiger partial charge in [-0.15, -0.1) is 0 Å². The summed E-state index contributed by atoms with van der Waals surface area (Å²) in [5.74, 6) is -0.186. The maximum absolute atomic E-state index is 12.0. The van der Waals surface area contributed by atoms with Gasteiger partial charge < -0.3 is 10.4 Å². The minimum atomic E-state index is -0.420. The van der Waals surface area contributed by atoms with Crippen LogP contribution in [0.15, 0.2) is 18.3 Å². The molecule has 2 N–H and O–H groups in total. The maximum Gasteiger partial charge on any atom is 0.270 e. The third kappa shape index (κ3) is 2.82. The van der Waals surface area contributed by atoms with Crippen molar-refractivity contribution in [2.24, 2.45) is 0 Å². The lowest BCUT2D eigenvalue weighted by atomic mass is 9.92. The number of aromatic nitrogens is 1. The van der Waals surface area contributed by atoms with Crippen LogP contribution in [0.3, 0.4) is 0 Å². The summed E-state index contributed by atoms with van der Waals surface area (Å²) < 4.78 is 0. The molecule has 2 atom stereocenters. The predicted octanol–water partition coefficient (Wildman–Crippen LogP) is 1.42. The highest BCUT2D eigenvalue weighted by Crippen LogP contribution is 2.18. The number of carbonyl (C=O) groups excluding carboxylic acids is 1. The Labute approximate surface area is 101 Å². The Bertz CT molecular complexity index is 406. The van der Waals surface area contributed by atoms with E-state index in [2.05, 4.69) is 10.3 Å². The van der Waals surface area contributed by atoms with Crippen LogP contribution in [0, 0.1) is 6.92 Å². The Hall–Kier alpha value is -1.42. The Kier molecular flexibility index (Phi) is 3.74. The lowest BCUT2D eigenvalue weighted by Gasteiger charge is -2.28. The van der Waals surface area contributed by atoms with E-state index in [9.17, 15) is 9.90 Å². The van der Waals surface area contributed by atoms with E-state index in [0.717, 1.165) is 31.2 Å². The van der Waals surface area contributed by atoms with Gasteiger partial charge in [0.05, 0.1) is 12.1 Å². The second-order valence-electron chi connectivity index (χ2n) is 4.60. The molecule has 2 unspecified atom stereocenters. The second-order valence-corrected chi connectivity index (χ2v) is 4.60. The van der Waals surface area contributed by atoms with Crippen LogP contribution in [0.2, 0.25) is 0 Å². The molecule has 1 fully saturated rings. The zero-order chi connectivity index (χ0) is 12.3. The smallest absolute Gasteiger partial charge is 0.270 e. The molecule has 4 heteroatoms. The van der Waals surface area contributed by atoms with Gasteiger partial charge >= 0.3 is 0 Å². The van der Waals surface area contributed by atoms with Crippen molar-refractivity contribution in [2.75, 3.05) is 0 Å². The van der Waals surface area contributed by atoms with Gasteiger partial charge in [0.1, 0.15) is 5.69 Å². The Morgan fingerprint density at radius 3 is 2.94 bits per heavy atom. The van der Waals surface area contributed by atoms with Crippen molar-refractivity contribution < 1.29 is 9.90 Å². The van der Waals surface area contributed by atoms with Gasteiger partial charge in [-0.1, -0.05) is 18.9 Å². The molecule has 1 aliphatic rings. The molecule has 1 aromatic heterocycles. The summed E-state index contributed by atoms with van der Waals surface area (Å²) in [6.45, 7) is 1.86. The maximum atomic E-state index is 12.0.